The van der Waals surface area contributed by atoms with E-state index in [0.717, 1.165) is 49.0 Å². The lowest BCUT2D eigenvalue weighted by atomic mass is 10.1. The Balaban J connectivity index is 0.00000225. The van der Waals surface area contributed by atoms with Crippen LogP contribution in [-0.4, -0.2) is 54.9 Å². The molecule has 2 aliphatic rings. The maximum absolute atomic E-state index is 9.75. The number of hydrogen-bond donors (Lipinski definition) is 2. The zero-order valence-electron chi connectivity index (χ0n) is 15.1. The molecule has 1 aromatic rings. The third-order valence-corrected chi connectivity index (χ3v) is 4.50. The van der Waals surface area contributed by atoms with Crippen LogP contribution in [0.2, 0.25) is 0 Å². The zero-order valence-corrected chi connectivity index (χ0v) is 17.4. The van der Waals surface area contributed by atoms with Gasteiger partial charge >= 0.3 is 0 Å². The molecule has 1 unspecified atom stereocenters. The van der Waals surface area contributed by atoms with Gasteiger partial charge in [0.2, 0.25) is 0 Å². The van der Waals surface area contributed by atoms with E-state index in [-0.39, 0.29) is 36.2 Å². The number of methoxy groups -OCH3 is 1. The first-order valence-corrected chi connectivity index (χ1v) is 8.68. The van der Waals surface area contributed by atoms with Crippen LogP contribution in [0.4, 0.5) is 0 Å². The number of likely N-dealkylation sites (tertiary alicyclic amines) is 1. The van der Waals surface area contributed by atoms with Gasteiger partial charge in [-0.2, -0.15) is 0 Å². The third-order valence-electron chi connectivity index (χ3n) is 4.50. The van der Waals surface area contributed by atoms with Gasteiger partial charge in [0, 0.05) is 37.2 Å². The summed E-state index contributed by atoms with van der Waals surface area (Å²) in [7, 11) is 1.69. The summed E-state index contributed by atoms with van der Waals surface area (Å²) in [4.78, 5) is 6.84. The van der Waals surface area contributed by atoms with Crippen molar-refractivity contribution in [1.82, 2.24) is 10.2 Å². The van der Waals surface area contributed by atoms with E-state index in [4.69, 9.17) is 14.5 Å². The molecule has 140 valence electrons. The number of aliphatic imine (C=N–C) groups is 1. The quantitative estimate of drug-likeness (QED) is 0.409. The van der Waals surface area contributed by atoms with Crippen LogP contribution in [0.25, 0.3) is 0 Å². The fourth-order valence-electron chi connectivity index (χ4n) is 3.32. The van der Waals surface area contributed by atoms with Crippen molar-refractivity contribution in [2.45, 2.75) is 45.4 Å². The summed E-state index contributed by atoms with van der Waals surface area (Å²) in [5.41, 5.74) is 2.21. The summed E-state index contributed by atoms with van der Waals surface area (Å²) in [6.07, 6.45) is 1.66. The van der Waals surface area contributed by atoms with Crippen LogP contribution in [0.5, 0.6) is 11.5 Å². The highest BCUT2D eigenvalue weighted by molar-refractivity contribution is 14.0. The molecular formula is C18H28IN3O3. The number of benzene rings is 1. The van der Waals surface area contributed by atoms with Crippen LogP contribution in [0.1, 0.15) is 31.4 Å². The minimum atomic E-state index is -0.265. The number of aliphatic hydroxyl groups excluding tert-OH is 1. The number of ether oxygens (including phenoxy) is 2. The van der Waals surface area contributed by atoms with Gasteiger partial charge in [0.25, 0.3) is 0 Å². The smallest absolute Gasteiger partial charge is 0.194 e. The van der Waals surface area contributed by atoms with Crippen molar-refractivity contribution < 1.29 is 14.6 Å². The van der Waals surface area contributed by atoms with Gasteiger partial charge in [0.05, 0.1) is 19.8 Å². The molecule has 7 heteroatoms. The van der Waals surface area contributed by atoms with Gasteiger partial charge in [-0.1, -0.05) is 0 Å². The lowest BCUT2D eigenvalue weighted by Gasteiger charge is -2.21. The van der Waals surface area contributed by atoms with Gasteiger partial charge in [-0.25, -0.2) is 4.99 Å². The van der Waals surface area contributed by atoms with E-state index in [1.165, 1.54) is 5.56 Å². The van der Waals surface area contributed by atoms with Crippen molar-refractivity contribution >= 4 is 29.9 Å². The fourth-order valence-corrected chi connectivity index (χ4v) is 3.32. The van der Waals surface area contributed by atoms with Crippen molar-refractivity contribution in [1.29, 1.82) is 0 Å². The summed E-state index contributed by atoms with van der Waals surface area (Å²) in [6, 6.07) is 4.11. The first-order valence-electron chi connectivity index (χ1n) is 8.68. The second-order valence-corrected chi connectivity index (χ2v) is 6.46. The van der Waals surface area contributed by atoms with Crippen LogP contribution >= 0.6 is 24.0 Å². The summed E-state index contributed by atoms with van der Waals surface area (Å²) >= 11 is 0. The van der Waals surface area contributed by atoms with Gasteiger partial charge in [0.15, 0.2) is 5.96 Å². The van der Waals surface area contributed by atoms with Gasteiger partial charge in [-0.05, 0) is 32.4 Å². The number of nitrogens with zero attached hydrogens (tertiary/aromatic N) is 2. The molecule has 1 aromatic carbocycles. The van der Waals surface area contributed by atoms with Crippen molar-refractivity contribution in [2.75, 3.05) is 26.7 Å². The summed E-state index contributed by atoms with van der Waals surface area (Å²) in [5, 5.41) is 13.1. The number of aliphatic hydroxyl groups is 1. The number of rotatable bonds is 4. The highest BCUT2D eigenvalue weighted by atomic mass is 127. The van der Waals surface area contributed by atoms with Crippen LogP contribution in [0.3, 0.4) is 0 Å². The van der Waals surface area contributed by atoms with Crippen molar-refractivity contribution in [3.8, 4) is 11.5 Å². The van der Waals surface area contributed by atoms with E-state index in [9.17, 15) is 5.11 Å². The Morgan fingerprint density at radius 3 is 2.92 bits per heavy atom. The average molecular weight is 461 g/mol. The normalized spacial score (nSPS) is 22.2. The lowest BCUT2D eigenvalue weighted by Crippen LogP contribution is -2.40. The molecule has 0 spiro atoms. The number of nitrogens with one attached hydrogen (secondary N) is 1. The topological polar surface area (TPSA) is 66.3 Å². The lowest BCUT2D eigenvalue weighted by molar-refractivity contribution is 0.188. The molecule has 3 rings (SSSR count). The Bertz CT molecular complexity index is 624. The van der Waals surface area contributed by atoms with E-state index < -0.39 is 0 Å². The van der Waals surface area contributed by atoms with E-state index >= 15 is 0 Å². The Hall–Kier alpha value is -1.22. The monoisotopic (exact) mass is 461 g/mol. The standard InChI is InChI=1S/C18H27N3O3.HI/c1-4-19-18(21-6-5-15(22)11-21)20-10-14-9-17-13(7-12(2)24-17)8-16(14)23-3;/h8-9,12,15,22H,4-7,10-11H2,1-3H3,(H,19,20);1H/t12?,15-;/m1./s1. The largest absolute Gasteiger partial charge is 0.496 e. The molecule has 0 amide bonds. The molecule has 1 fully saturated rings. The molecule has 1 saturated heterocycles. The molecule has 2 N–H and O–H groups in total. The molecule has 2 atom stereocenters. The highest BCUT2D eigenvalue weighted by Crippen LogP contribution is 2.35. The predicted octanol–water partition coefficient (Wildman–Crippen LogP) is 2.17. The van der Waals surface area contributed by atoms with Crippen LogP contribution < -0.4 is 14.8 Å². The molecule has 2 aliphatic heterocycles. The molecule has 0 saturated carbocycles. The fraction of sp³-hybridized carbons (Fsp3) is 0.611. The van der Waals surface area contributed by atoms with Gasteiger partial charge < -0.3 is 24.8 Å². The first-order chi connectivity index (χ1) is 11.6. The minimum absolute atomic E-state index is 0. The van der Waals surface area contributed by atoms with E-state index in [0.29, 0.717) is 13.1 Å². The van der Waals surface area contributed by atoms with Crippen molar-refractivity contribution in [2.24, 2.45) is 4.99 Å². The van der Waals surface area contributed by atoms with Crippen LogP contribution in [-0.2, 0) is 13.0 Å². The maximum atomic E-state index is 9.75. The molecule has 25 heavy (non-hydrogen) atoms. The Labute approximate surface area is 166 Å². The minimum Gasteiger partial charge on any atom is -0.496 e. The Kier molecular flexibility index (Phi) is 7.18. The van der Waals surface area contributed by atoms with Crippen molar-refractivity contribution in [3.63, 3.8) is 0 Å². The summed E-state index contributed by atoms with van der Waals surface area (Å²) < 4.78 is 11.4. The molecule has 0 radical (unpaired) electrons. The highest BCUT2D eigenvalue weighted by Gasteiger charge is 2.24. The first kappa shape index (κ1) is 20.1. The average Bonchev–Trinajstić information content (AvgIpc) is 3.14. The Morgan fingerprint density at radius 1 is 1.48 bits per heavy atom. The zero-order chi connectivity index (χ0) is 17.1. The van der Waals surface area contributed by atoms with Crippen LogP contribution in [0, 0.1) is 0 Å². The summed E-state index contributed by atoms with van der Waals surface area (Å²) in [5.74, 6) is 2.63. The Morgan fingerprint density at radius 2 is 2.28 bits per heavy atom. The van der Waals surface area contributed by atoms with Crippen LogP contribution in [0.15, 0.2) is 17.1 Å². The predicted molar refractivity (Wildman–Crippen MR) is 109 cm³/mol. The number of hydrogen-bond acceptors (Lipinski definition) is 4. The second-order valence-electron chi connectivity index (χ2n) is 6.46. The van der Waals surface area contributed by atoms with Gasteiger partial charge in [-0.3, -0.25) is 0 Å². The van der Waals surface area contributed by atoms with Gasteiger partial charge in [0.1, 0.15) is 17.6 Å². The maximum Gasteiger partial charge on any atom is 0.194 e. The number of guanidine groups is 1. The number of β-amino-alcohol motifs (C(OH)–C–C–N with tert-alkyl or cyclic N) is 1. The van der Waals surface area contributed by atoms with Crippen molar-refractivity contribution in [3.05, 3.63) is 23.3 Å². The molecule has 0 bridgehead atoms. The van der Waals surface area contributed by atoms with E-state index in [1.54, 1.807) is 7.11 Å². The molecule has 0 aromatic heterocycles. The molecule has 2 heterocycles. The van der Waals surface area contributed by atoms with E-state index in [1.807, 2.05) is 13.0 Å². The molecular weight excluding hydrogens is 433 g/mol. The number of halogens is 1. The second kappa shape index (κ2) is 8.93. The summed E-state index contributed by atoms with van der Waals surface area (Å²) in [6.45, 7) is 6.90. The third kappa shape index (κ3) is 4.69. The molecule has 6 nitrogen and oxygen atoms in total. The number of fused-ring (bicyclic) bond motifs is 1. The van der Waals surface area contributed by atoms with E-state index in [2.05, 4.69) is 23.2 Å². The van der Waals surface area contributed by atoms with Gasteiger partial charge in [-0.15, -0.1) is 24.0 Å². The molecule has 0 aliphatic carbocycles. The SMILES string of the molecule is CCNC(=NCc1cc2c(cc1OC)CC(C)O2)N1CC[C@@H](O)C1.I.